The van der Waals surface area contributed by atoms with E-state index in [0.29, 0.717) is 0 Å². The highest BCUT2D eigenvalue weighted by Crippen LogP contribution is 2.12. The first-order valence-corrected chi connectivity index (χ1v) is 3.30. The molecule has 1 rings (SSSR count). The first kappa shape index (κ1) is 5.19. The lowest BCUT2D eigenvalue weighted by Crippen LogP contribution is -2.00. The Morgan fingerprint density at radius 3 is 3.08 bits per heavy atom. The second-order valence-electron chi connectivity index (χ2n) is 2.12. The van der Waals surface area contributed by atoms with Crippen LogP contribution in [0.1, 0.15) is 14.5 Å². The summed E-state index contributed by atoms with van der Waals surface area (Å²) in [5.74, 6) is -0.427. The van der Waals surface area contributed by atoms with Crippen LogP contribution < -0.4 is 4.74 Å². The number of carbonyl (C=O) groups is 1. The highest BCUT2D eigenvalue weighted by atomic mass is 16.5. The molecule has 0 radical (unpaired) electrons. The number of carbonyl (C=O) groups excluding carboxylic acids is 1. The largest absolute Gasteiger partial charge is 0.497 e. The van der Waals surface area contributed by atoms with Gasteiger partial charge in [-0.1, -0.05) is 6.07 Å². The highest BCUT2D eigenvalue weighted by molar-refractivity contribution is 5.89. The smallest absolute Gasteiger partial charge is 0.337 e. The van der Waals surface area contributed by atoms with E-state index in [1.165, 1.54) is 31.4 Å². The second kappa shape index (κ2) is 3.76. The Morgan fingerprint density at radius 1 is 1.58 bits per heavy atom. The first-order valence-electron chi connectivity index (χ1n) is 4.80. The molecule has 0 heterocycles. The van der Waals surface area contributed by atoms with Gasteiger partial charge in [0.05, 0.1) is 23.8 Å². The molecule has 0 unspecified atom stereocenters. The van der Waals surface area contributed by atoms with Crippen molar-refractivity contribution < 1.29 is 18.4 Å². The van der Waals surface area contributed by atoms with Gasteiger partial charge >= 0.3 is 5.97 Å². The molecule has 1 aromatic rings. The van der Waals surface area contributed by atoms with Crippen LogP contribution in [0.25, 0.3) is 0 Å². The molecule has 0 N–H and O–H groups in total. The summed E-state index contributed by atoms with van der Waals surface area (Å²) in [6.07, 6.45) is 0. The molecule has 0 amide bonds. The van der Waals surface area contributed by atoms with Crippen molar-refractivity contribution in [2.45, 2.75) is 0 Å². The summed E-state index contributed by atoms with van der Waals surface area (Å²) in [5.41, 5.74) is 0.249. The van der Waals surface area contributed by atoms with E-state index < -0.39 is 13.0 Å². The predicted molar refractivity (Wildman–Crippen MR) is 44.3 cm³/mol. The molecule has 0 spiro atoms. The SMILES string of the molecule is [2H]C([2H])([2H])Oc1cccc(C(=O)OC)c1. The number of rotatable bonds is 2. The third-order valence-corrected chi connectivity index (χ3v) is 1.37. The lowest BCUT2D eigenvalue weighted by Gasteiger charge is -2.01. The van der Waals surface area contributed by atoms with Gasteiger partial charge in [0, 0.05) is 0 Å². The molecule has 0 atom stereocenters. The number of methoxy groups -OCH3 is 2. The van der Waals surface area contributed by atoms with Crippen molar-refractivity contribution in [1.29, 1.82) is 0 Å². The van der Waals surface area contributed by atoms with Gasteiger partial charge in [-0.2, -0.15) is 0 Å². The van der Waals surface area contributed by atoms with Crippen molar-refractivity contribution >= 4 is 5.97 Å². The Morgan fingerprint density at radius 2 is 2.42 bits per heavy atom. The fraction of sp³-hybridized carbons (Fsp3) is 0.222. The summed E-state index contributed by atoms with van der Waals surface area (Å²) in [6.45, 7) is 0. The first-order chi connectivity index (χ1) is 6.92. The van der Waals surface area contributed by atoms with E-state index in [1.807, 2.05) is 0 Å². The summed E-state index contributed by atoms with van der Waals surface area (Å²) in [7, 11) is -1.27. The van der Waals surface area contributed by atoms with E-state index in [2.05, 4.69) is 9.47 Å². The number of benzene rings is 1. The van der Waals surface area contributed by atoms with Gasteiger partial charge in [-0.05, 0) is 18.2 Å². The molecule has 12 heavy (non-hydrogen) atoms. The van der Waals surface area contributed by atoms with Crippen LogP contribution >= 0.6 is 0 Å². The fourth-order valence-corrected chi connectivity index (χ4v) is 0.804. The molecule has 0 fully saturated rings. The molecular weight excluding hydrogens is 156 g/mol. The summed E-state index contributed by atoms with van der Waals surface area (Å²) in [4.78, 5) is 11.1. The number of hydrogen-bond acceptors (Lipinski definition) is 3. The van der Waals surface area contributed by atoms with Gasteiger partial charge in [0.25, 0.3) is 0 Å². The van der Waals surface area contributed by atoms with Crippen molar-refractivity contribution in [1.82, 2.24) is 0 Å². The average Bonchev–Trinajstić information content (AvgIpc) is 2.14. The van der Waals surface area contributed by atoms with Crippen LogP contribution in [-0.2, 0) is 4.74 Å². The standard InChI is InChI=1S/C9H10O3/c1-11-8-5-3-4-7(6-8)9(10)12-2/h3-6H,1-2H3/i1D3. The molecule has 0 aliphatic rings. The third-order valence-electron chi connectivity index (χ3n) is 1.37. The molecular formula is C9H10O3. The van der Waals surface area contributed by atoms with Crippen molar-refractivity contribution in [3.63, 3.8) is 0 Å². The second-order valence-corrected chi connectivity index (χ2v) is 2.12. The summed E-state index contributed by atoms with van der Waals surface area (Å²) in [6, 6.07) is 5.81. The topological polar surface area (TPSA) is 35.5 Å². The Bertz CT molecular complexity index is 360. The van der Waals surface area contributed by atoms with Gasteiger partial charge in [-0.15, -0.1) is 0 Å². The zero-order valence-electron chi connectivity index (χ0n) is 9.53. The molecule has 0 saturated carbocycles. The maximum absolute atomic E-state index is 11.1. The maximum atomic E-state index is 11.1. The van der Waals surface area contributed by atoms with E-state index in [0.717, 1.165) is 0 Å². The van der Waals surface area contributed by atoms with Crippen LogP contribution in [0.2, 0.25) is 0 Å². The van der Waals surface area contributed by atoms with Crippen molar-refractivity contribution in [3.05, 3.63) is 29.8 Å². The van der Waals surface area contributed by atoms with Gasteiger partial charge < -0.3 is 9.47 Å². The Kier molecular flexibility index (Phi) is 1.63. The van der Waals surface area contributed by atoms with Gasteiger partial charge in [0.1, 0.15) is 5.75 Å². The summed E-state index contributed by atoms with van der Waals surface area (Å²) in [5, 5.41) is 0. The third kappa shape index (κ3) is 1.75. The van der Waals surface area contributed by atoms with Crippen LogP contribution in [0.15, 0.2) is 24.3 Å². The maximum Gasteiger partial charge on any atom is 0.337 e. The number of esters is 1. The van der Waals surface area contributed by atoms with Crippen LogP contribution in [0.5, 0.6) is 5.75 Å². The fourth-order valence-electron chi connectivity index (χ4n) is 0.804. The normalized spacial score (nSPS) is 13.9. The minimum atomic E-state index is -2.52. The quantitative estimate of drug-likeness (QED) is 0.629. The zero-order valence-corrected chi connectivity index (χ0v) is 6.53. The molecule has 3 heteroatoms. The van der Waals surface area contributed by atoms with Crippen molar-refractivity contribution in [2.24, 2.45) is 0 Å². The monoisotopic (exact) mass is 169 g/mol. The summed E-state index contributed by atoms with van der Waals surface area (Å²) >= 11 is 0. The molecule has 64 valence electrons. The van der Waals surface area contributed by atoms with Crippen LogP contribution in [0.3, 0.4) is 0 Å². The highest BCUT2D eigenvalue weighted by Gasteiger charge is 2.04. The minimum absolute atomic E-state index is 0.109. The zero-order chi connectivity index (χ0) is 11.5. The number of hydrogen-bond donors (Lipinski definition) is 0. The molecule has 0 saturated heterocycles. The predicted octanol–water partition coefficient (Wildman–Crippen LogP) is 1.48. The molecule has 1 aromatic carbocycles. The Balaban J connectivity index is 2.88. The van der Waals surface area contributed by atoms with Crippen LogP contribution in [-0.4, -0.2) is 20.1 Å². The summed E-state index contributed by atoms with van der Waals surface area (Å²) < 4.78 is 29.8. The van der Waals surface area contributed by atoms with Gasteiger partial charge in [0.15, 0.2) is 0 Å². The Hall–Kier alpha value is -1.51. The van der Waals surface area contributed by atoms with Gasteiger partial charge in [0.2, 0.25) is 0 Å². The van der Waals surface area contributed by atoms with Gasteiger partial charge in [-0.25, -0.2) is 4.79 Å². The van der Waals surface area contributed by atoms with Crippen LogP contribution in [0, 0.1) is 0 Å². The average molecular weight is 169 g/mol. The lowest BCUT2D eigenvalue weighted by atomic mass is 10.2. The van der Waals surface area contributed by atoms with Crippen molar-refractivity contribution in [2.75, 3.05) is 14.1 Å². The molecule has 3 nitrogen and oxygen atoms in total. The lowest BCUT2D eigenvalue weighted by molar-refractivity contribution is 0.0600. The Labute approximate surface area is 75.1 Å². The van der Waals surface area contributed by atoms with E-state index >= 15 is 0 Å². The van der Waals surface area contributed by atoms with Crippen LogP contribution in [0.4, 0.5) is 0 Å². The van der Waals surface area contributed by atoms with Crippen molar-refractivity contribution in [3.8, 4) is 5.75 Å². The minimum Gasteiger partial charge on any atom is -0.497 e. The molecule has 0 aliphatic heterocycles. The van der Waals surface area contributed by atoms with Gasteiger partial charge in [-0.3, -0.25) is 0 Å². The molecule has 0 bridgehead atoms. The molecule has 0 aromatic heterocycles. The van der Waals surface area contributed by atoms with E-state index in [-0.39, 0.29) is 11.3 Å². The number of ether oxygens (including phenoxy) is 2. The van der Waals surface area contributed by atoms with E-state index in [9.17, 15) is 4.79 Å². The van der Waals surface area contributed by atoms with E-state index in [4.69, 9.17) is 4.11 Å². The molecule has 0 aliphatic carbocycles. The van der Waals surface area contributed by atoms with E-state index in [1.54, 1.807) is 0 Å².